The highest BCUT2D eigenvalue weighted by molar-refractivity contribution is 6.33. The van der Waals surface area contributed by atoms with Crippen LogP contribution >= 0.6 is 11.6 Å². The number of rotatable bonds is 5. The molecule has 0 aromatic carbocycles. The zero-order valence-electron chi connectivity index (χ0n) is 16.4. The van der Waals surface area contributed by atoms with Gasteiger partial charge >= 0.3 is 0 Å². The molecular weight excluding hydrogens is 382 g/mol. The number of aromatic nitrogens is 4. The average Bonchev–Trinajstić information content (AvgIpc) is 3.09. The molecule has 0 aliphatic carbocycles. The highest BCUT2D eigenvalue weighted by atomic mass is 35.5. The maximum absolute atomic E-state index is 9.40. The highest BCUT2D eigenvalue weighted by Gasteiger charge is 2.38. The Morgan fingerprint density at radius 2 is 1.96 bits per heavy atom. The molecule has 28 heavy (non-hydrogen) atoms. The van der Waals surface area contributed by atoms with Crippen LogP contribution in [0.5, 0.6) is 0 Å². The lowest BCUT2D eigenvalue weighted by molar-refractivity contribution is -0.227. The van der Waals surface area contributed by atoms with Crippen molar-refractivity contribution in [3.05, 3.63) is 23.5 Å². The summed E-state index contributed by atoms with van der Waals surface area (Å²) in [6.07, 6.45) is 3.25. The van der Waals surface area contributed by atoms with Crippen molar-refractivity contribution in [2.45, 2.75) is 33.6 Å². The van der Waals surface area contributed by atoms with E-state index >= 15 is 0 Å². The van der Waals surface area contributed by atoms with Crippen LogP contribution in [0.15, 0.2) is 18.5 Å². The van der Waals surface area contributed by atoms with Gasteiger partial charge in [-0.15, -0.1) is 5.10 Å². The number of nitrogens with zero attached hydrogens (tertiary/aromatic N) is 5. The number of aliphatic hydroxyl groups is 1. The van der Waals surface area contributed by atoms with Gasteiger partial charge in [0.25, 0.3) is 0 Å². The summed E-state index contributed by atoms with van der Waals surface area (Å²) in [5.41, 5.74) is 2.13. The van der Waals surface area contributed by atoms with E-state index < -0.39 is 0 Å². The predicted octanol–water partition coefficient (Wildman–Crippen LogP) is 2.21. The topological polar surface area (TPSA) is 85.5 Å². The molecule has 0 spiro atoms. The third-order valence-electron chi connectivity index (χ3n) is 5.16. The van der Waals surface area contributed by atoms with Crippen LogP contribution in [0.3, 0.4) is 0 Å². The summed E-state index contributed by atoms with van der Waals surface area (Å²) in [6.45, 7) is 9.80. The van der Waals surface area contributed by atoms with Crippen LogP contribution in [-0.4, -0.2) is 64.3 Å². The Hall–Kier alpha value is -1.74. The van der Waals surface area contributed by atoms with E-state index in [1.54, 1.807) is 17.1 Å². The third kappa shape index (κ3) is 4.00. The molecular formula is C19H26ClN5O3. The van der Waals surface area contributed by atoms with Crippen molar-refractivity contribution in [2.24, 2.45) is 10.8 Å². The van der Waals surface area contributed by atoms with Crippen LogP contribution in [0.1, 0.15) is 20.8 Å². The Bertz CT molecular complexity index is 840. The molecule has 1 N–H and O–H groups in total. The van der Waals surface area contributed by atoms with Gasteiger partial charge in [-0.05, 0) is 6.07 Å². The lowest BCUT2D eigenvalue weighted by atomic mass is 9.82. The Morgan fingerprint density at radius 1 is 1.25 bits per heavy atom. The second kappa shape index (κ2) is 7.26. The number of hydrogen-bond donors (Lipinski definition) is 1. The summed E-state index contributed by atoms with van der Waals surface area (Å²) in [5.74, 6) is 0. The number of hydrogen-bond acceptors (Lipinski definition) is 7. The molecule has 0 amide bonds. The molecule has 2 aromatic heterocycles. The monoisotopic (exact) mass is 407 g/mol. The van der Waals surface area contributed by atoms with Crippen LogP contribution in [0.4, 0.5) is 5.69 Å². The molecule has 2 aliphatic heterocycles. The van der Waals surface area contributed by atoms with Gasteiger partial charge in [-0.25, -0.2) is 4.68 Å². The first-order valence-electron chi connectivity index (χ1n) is 9.42. The van der Waals surface area contributed by atoms with Gasteiger partial charge in [-0.1, -0.05) is 37.6 Å². The quantitative estimate of drug-likeness (QED) is 0.813. The van der Waals surface area contributed by atoms with E-state index in [1.165, 1.54) is 0 Å². The molecule has 0 atom stereocenters. The van der Waals surface area contributed by atoms with Crippen LogP contribution in [-0.2, 0) is 16.0 Å². The molecule has 0 saturated carbocycles. The van der Waals surface area contributed by atoms with Gasteiger partial charge < -0.3 is 19.5 Å². The molecule has 0 bridgehead atoms. The number of ether oxygens (including phenoxy) is 2. The fraction of sp³-hybridized carbons (Fsp3) is 0.632. The lowest BCUT2D eigenvalue weighted by Gasteiger charge is -2.48. The van der Waals surface area contributed by atoms with E-state index in [9.17, 15) is 5.11 Å². The standard InChI is InChI=1S/C19H26ClN5O3/c1-18(2)11-27-16(28-12-18)7-25-6-15(22-23-25)17-14(20)4-13(5-21-17)24-8-19(3,9-24)10-26/h4-6,16,26H,7-12H2,1-3H3. The normalized spacial score (nSPS) is 21.5. The first-order valence-corrected chi connectivity index (χ1v) is 9.80. The molecule has 9 heteroatoms. The summed E-state index contributed by atoms with van der Waals surface area (Å²) in [7, 11) is 0. The van der Waals surface area contributed by atoms with Crippen molar-refractivity contribution in [1.29, 1.82) is 0 Å². The largest absolute Gasteiger partial charge is 0.396 e. The fourth-order valence-corrected chi connectivity index (χ4v) is 3.69. The molecule has 2 saturated heterocycles. The average molecular weight is 408 g/mol. The molecule has 8 nitrogen and oxygen atoms in total. The van der Waals surface area contributed by atoms with Gasteiger partial charge in [0.15, 0.2) is 6.29 Å². The van der Waals surface area contributed by atoms with E-state index in [4.69, 9.17) is 21.1 Å². The Morgan fingerprint density at radius 3 is 2.61 bits per heavy atom. The smallest absolute Gasteiger partial charge is 0.177 e. The van der Waals surface area contributed by atoms with Crippen LogP contribution in [0.2, 0.25) is 5.02 Å². The second-order valence-electron chi connectivity index (χ2n) is 8.89. The molecule has 2 aromatic rings. The first-order chi connectivity index (χ1) is 13.3. The molecule has 152 valence electrons. The Labute approximate surface area is 169 Å². The lowest BCUT2D eigenvalue weighted by Crippen LogP contribution is -2.56. The van der Waals surface area contributed by atoms with Crippen LogP contribution in [0.25, 0.3) is 11.4 Å². The van der Waals surface area contributed by atoms with E-state index in [-0.39, 0.29) is 23.7 Å². The number of anilines is 1. The summed E-state index contributed by atoms with van der Waals surface area (Å²) in [4.78, 5) is 6.64. The van der Waals surface area contributed by atoms with Crippen LogP contribution in [0, 0.1) is 10.8 Å². The highest BCUT2D eigenvalue weighted by Crippen LogP contribution is 2.36. The van der Waals surface area contributed by atoms with E-state index in [1.807, 2.05) is 6.07 Å². The van der Waals surface area contributed by atoms with E-state index in [0.717, 1.165) is 18.8 Å². The zero-order chi connectivity index (χ0) is 19.9. The zero-order valence-corrected chi connectivity index (χ0v) is 17.2. The van der Waals surface area contributed by atoms with Crippen molar-refractivity contribution in [3.8, 4) is 11.4 Å². The second-order valence-corrected chi connectivity index (χ2v) is 9.30. The Kier molecular flexibility index (Phi) is 5.07. The van der Waals surface area contributed by atoms with E-state index in [0.29, 0.717) is 36.2 Å². The van der Waals surface area contributed by atoms with Gasteiger partial charge in [0.2, 0.25) is 0 Å². The number of aliphatic hydroxyl groups excluding tert-OH is 1. The van der Waals surface area contributed by atoms with Gasteiger partial charge in [0.1, 0.15) is 11.4 Å². The molecule has 4 rings (SSSR count). The minimum atomic E-state index is -0.333. The summed E-state index contributed by atoms with van der Waals surface area (Å²) in [6, 6.07) is 1.88. The molecule has 0 unspecified atom stereocenters. The first kappa shape index (κ1) is 19.6. The predicted molar refractivity (Wildman–Crippen MR) is 105 cm³/mol. The number of halogens is 1. The summed E-state index contributed by atoms with van der Waals surface area (Å²) < 4.78 is 13.2. The molecule has 2 aliphatic rings. The summed E-state index contributed by atoms with van der Waals surface area (Å²) >= 11 is 6.46. The van der Waals surface area contributed by atoms with E-state index in [2.05, 4.69) is 41.0 Å². The molecule has 4 heterocycles. The fourth-order valence-electron chi connectivity index (χ4n) is 3.43. The summed E-state index contributed by atoms with van der Waals surface area (Å²) in [5, 5.41) is 18.3. The maximum atomic E-state index is 9.40. The molecule has 0 radical (unpaired) electrons. The van der Waals surface area contributed by atoms with Crippen molar-refractivity contribution >= 4 is 17.3 Å². The van der Waals surface area contributed by atoms with Gasteiger partial charge in [-0.2, -0.15) is 0 Å². The minimum absolute atomic E-state index is 0.0360. The van der Waals surface area contributed by atoms with Crippen LogP contribution < -0.4 is 4.90 Å². The third-order valence-corrected chi connectivity index (χ3v) is 5.44. The maximum Gasteiger partial charge on any atom is 0.177 e. The number of pyridine rings is 1. The van der Waals surface area contributed by atoms with Gasteiger partial charge in [-0.3, -0.25) is 4.98 Å². The van der Waals surface area contributed by atoms with Crippen molar-refractivity contribution < 1.29 is 14.6 Å². The SMILES string of the molecule is CC1(C)COC(Cn2cc(-c3ncc(N4CC(C)(CO)C4)cc3Cl)nn2)OC1. The minimum Gasteiger partial charge on any atom is -0.396 e. The molecule has 2 fully saturated rings. The van der Waals surface area contributed by atoms with Gasteiger partial charge in [0, 0.05) is 23.9 Å². The van der Waals surface area contributed by atoms with Crippen molar-refractivity contribution in [1.82, 2.24) is 20.0 Å². The van der Waals surface area contributed by atoms with Gasteiger partial charge in [0.05, 0.1) is 49.5 Å². The Balaban J connectivity index is 1.41. The van der Waals surface area contributed by atoms with Crippen molar-refractivity contribution in [3.63, 3.8) is 0 Å². The van der Waals surface area contributed by atoms with Crippen molar-refractivity contribution in [2.75, 3.05) is 37.8 Å².